The van der Waals surface area contributed by atoms with Crippen molar-refractivity contribution in [2.24, 2.45) is 0 Å². The molecule has 0 aliphatic rings. The zero-order valence-electron chi connectivity index (χ0n) is 9.42. The lowest BCUT2D eigenvalue weighted by Crippen LogP contribution is -1.81. The Kier molecular flexibility index (Phi) is 13.6. The highest BCUT2D eigenvalue weighted by Gasteiger charge is 1.84. The molecule has 0 aromatic heterocycles. The SMILES string of the molecule is CC(=O)O.CC(C)=CCCCCCO. The molecule has 0 unspecified atom stereocenters. The van der Waals surface area contributed by atoms with Gasteiger partial charge in [-0.15, -0.1) is 0 Å². The molecule has 0 bridgehead atoms. The standard InChI is InChI=1S/C9H18O.C2H4O2/c1-9(2)7-5-3-4-6-8-10;1-2(3)4/h7,10H,3-6,8H2,1-2H3;1H3,(H,3,4). The fourth-order valence-corrected chi connectivity index (χ4v) is 0.824. The summed E-state index contributed by atoms with van der Waals surface area (Å²) in [4.78, 5) is 9.00. The van der Waals surface area contributed by atoms with Gasteiger partial charge in [0, 0.05) is 13.5 Å². The Balaban J connectivity index is 0. The minimum atomic E-state index is -0.833. The number of unbranched alkanes of at least 4 members (excludes halogenated alkanes) is 3. The van der Waals surface area contributed by atoms with Crippen LogP contribution in [-0.2, 0) is 4.79 Å². The highest BCUT2D eigenvalue weighted by molar-refractivity contribution is 5.62. The molecule has 0 aromatic carbocycles. The molecule has 0 rings (SSSR count). The molecule has 0 spiro atoms. The second-order valence-corrected chi connectivity index (χ2v) is 3.37. The summed E-state index contributed by atoms with van der Waals surface area (Å²) in [5, 5.41) is 15.9. The van der Waals surface area contributed by atoms with Gasteiger partial charge in [-0.1, -0.05) is 18.1 Å². The summed E-state index contributed by atoms with van der Waals surface area (Å²) >= 11 is 0. The third kappa shape index (κ3) is 30.3. The molecule has 0 aromatic rings. The molecule has 0 fully saturated rings. The number of aliphatic hydroxyl groups is 1. The van der Waals surface area contributed by atoms with Crippen LogP contribution in [0.3, 0.4) is 0 Å². The molecule has 0 aliphatic heterocycles. The van der Waals surface area contributed by atoms with Gasteiger partial charge in [-0.3, -0.25) is 4.79 Å². The van der Waals surface area contributed by atoms with Crippen LogP contribution < -0.4 is 0 Å². The van der Waals surface area contributed by atoms with Crippen molar-refractivity contribution in [3.63, 3.8) is 0 Å². The average molecular weight is 202 g/mol. The van der Waals surface area contributed by atoms with Crippen LogP contribution in [0.25, 0.3) is 0 Å². The number of aliphatic hydroxyl groups excluding tert-OH is 1. The second-order valence-electron chi connectivity index (χ2n) is 3.37. The lowest BCUT2D eigenvalue weighted by Gasteiger charge is -1.94. The largest absolute Gasteiger partial charge is 0.481 e. The quantitative estimate of drug-likeness (QED) is 0.532. The molecular weight excluding hydrogens is 180 g/mol. The van der Waals surface area contributed by atoms with Gasteiger partial charge in [0.2, 0.25) is 0 Å². The van der Waals surface area contributed by atoms with Gasteiger partial charge < -0.3 is 10.2 Å². The number of hydrogen-bond acceptors (Lipinski definition) is 2. The first-order chi connectivity index (χ1) is 6.50. The topological polar surface area (TPSA) is 57.5 Å². The van der Waals surface area contributed by atoms with Crippen LogP contribution in [0.1, 0.15) is 46.5 Å². The van der Waals surface area contributed by atoms with Gasteiger partial charge in [0.15, 0.2) is 0 Å². The van der Waals surface area contributed by atoms with Gasteiger partial charge in [-0.25, -0.2) is 0 Å². The minimum Gasteiger partial charge on any atom is -0.481 e. The average Bonchev–Trinajstić information content (AvgIpc) is 2.02. The minimum absolute atomic E-state index is 0.342. The van der Waals surface area contributed by atoms with Crippen LogP contribution in [0.15, 0.2) is 11.6 Å². The number of hydrogen-bond donors (Lipinski definition) is 2. The van der Waals surface area contributed by atoms with Crippen molar-refractivity contribution in [1.82, 2.24) is 0 Å². The number of carbonyl (C=O) groups is 1. The first-order valence-electron chi connectivity index (χ1n) is 4.94. The smallest absolute Gasteiger partial charge is 0.300 e. The van der Waals surface area contributed by atoms with Crippen molar-refractivity contribution in [3.05, 3.63) is 11.6 Å². The monoisotopic (exact) mass is 202 g/mol. The molecular formula is C11H22O3. The second kappa shape index (κ2) is 12.2. The summed E-state index contributed by atoms with van der Waals surface area (Å²) < 4.78 is 0. The van der Waals surface area contributed by atoms with Crippen molar-refractivity contribution >= 4 is 5.97 Å². The lowest BCUT2D eigenvalue weighted by atomic mass is 10.1. The molecule has 2 N–H and O–H groups in total. The van der Waals surface area contributed by atoms with E-state index in [9.17, 15) is 0 Å². The molecule has 0 amide bonds. The van der Waals surface area contributed by atoms with E-state index in [0.29, 0.717) is 6.61 Å². The summed E-state index contributed by atoms with van der Waals surface area (Å²) in [6.07, 6.45) is 6.74. The van der Waals surface area contributed by atoms with Gasteiger partial charge in [-0.05, 0) is 33.1 Å². The fraction of sp³-hybridized carbons (Fsp3) is 0.727. The molecule has 3 heteroatoms. The Bertz CT molecular complexity index is 154. The van der Waals surface area contributed by atoms with Crippen LogP contribution in [-0.4, -0.2) is 22.8 Å². The summed E-state index contributed by atoms with van der Waals surface area (Å²) in [6, 6.07) is 0. The predicted molar refractivity (Wildman–Crippen MR) is 58.3 cm³/mol. The number of carboxylic acids is 1. The Morgan fingerprint density at radius 2 is 1.64 bits per heavy atom. The van der Waals surface area contributed by atoms with Gasteiger partial charge in [0.1, 0.15) is 0 Å². The number of allylic oxidation sites excluding steroid dienone is 2. The molecule has 84 valence electrons. The zero-order chi connectivity index (χ0) is 11.4. The zero-order valence-corrected chi connectivity index (χ0v) is 9.42. The Hall–Kier alpha value is -0.830. The fourth-order valence-electron chi connectivity index (χ4n) is 0.824. The third-order valence-electron chi connectivity index (χ3n) is 1.41. The molecule has 14 heavy (non-hydrogen) atoms. The van der Waals surface area contributed by atoms with Gasteiger partial charge in [-0.2, -0.15) is 0 Å². The van der Waals surface area contributed by atoms with E-state index in [0.717, 1.165) is 19.8 Å². The van der Waals surface area contributed by atoms with E-state index in [1.54, 1.807) is 0 Å². The molecule has 0 atom stereocenters. The van der Waals surface area contributed by atoms with Crippen LogP contribution in [0, 0.1) is 0 Å². The highest BCUT2D eigenvalue weighted by Crippen LogP contribution is 2.02. The lowest BCUT2D eigenvalue weighted by molar-refractivity contribution is -0.134. The Morgan fingerprint density at radius 1 is 1.14 bits per heavy atom. The maximum atomic E-state index is 9.00. The first-order valence-corrected chi connectivity index (χ1v) is 4.94. The number of aliphatic carboxylic acids is 1. The van der Waals surface area contributed by atoms with E-state index >= 15 is 0 Å². The van der Waals surface area contributed by atoms with Gasteiger partial charge >= 0.3 is 0 Å². The predicted octanol–water partition coefficient (Wildman–Crippen LogP) is 2.60. The maximum Gasteiger partial charge on any atom is 0.300 e. The van der Waals surface area contributed by atoms with E-state index in [2.05, 4.69) is 19.9 Å². The van der Waals surface area contributed by atoms with E-state index < -0.39 is 5.97 Å². The molecule has 0 aliphatic carbocycles. The van der Waals surface area contributed by atoms with Crippen LogP contribution in [0.2, 0.25) is 0 Å². The van der Waals surface area contributed by atoms with E-state index in [1.165, 1.54) is 18.4 Å². The summed E-state index contributed by atoms with van der Waals surface area (Å²) in [7, 11) is 0. The maximum absolute atomic E-state index is 9.00. The summed E-state index contributed by atoms with van der Waals surface area (Å²) in [5.41, 5.74) is 1.39. The highest BCUT2D eigenvalue weighted by atomic mass is 16.4. The van der Waals surface area contributed by atoms with Crippen molar-refractivity contribution in [2.45, 2.75) is 46.5 Å². The van der Waals surface area contributed by atoms with Crippen molar-refractivity contribution in [3.8, 4) is 0 Å². The van der Waals surface area contributed by atoms with E-state index in [-0.39, 0.29) is 0 Å². The number of carboxylic acid groups (broad SMARTS) is 1. The molecule has 0 heterocycles. The third-order valence-corrected chi connectivity index (χ3v) is 1.41. The molecule has 0 saturated carbocycles. The van der Waals surface area contributed by atoms with E-state index in [4.69, 9.17) is 15.0 Å². The van der Waals surface area contributed by atoms with Crippen molar-refractivity contribution in [1.29, 1.82) is 0 Å². The number of rotatable bonds is 5. The van der Waals surface area contributed by atoms with E-state index in [1.807, 2.05) is 0 Å². The van der Waals surface area contributed by atoms with Crippen molar-refractivity contribution < 1.29 is 15.0 Å². The summed E-state index contributed by atoms with van der Waals surface area (Å²) in [6.45, 7) is 5.66. The Morgan fingerprint density at radius 3 is 2.00 bits per heavy atom. The van der Waals surface area contributed by atoms with Gasteiger partial charge in [0.25, 0.3) is 5.97 Å². The molecule has 0 radical (unpaired) electrons. The summed E-state index contributed by atoms with van der Waals surface area (Å²) in [5.74, 6) is -0.833. The van der Waals surface area contributed by atoms with Crippen LogP contribution in [0.5, 0.6) is 0 Å². The first kappa shape index (κ1) is 15.6. The molecule has 0 saturated heterocycles. The van der Waals surface area contributed by atoms with Crippen molar-refractivity contribution in [2.75, 3.05) is 6.61 Å². The molecule has 3 nitrogen and oxygen atoms in total. The van der Waals surface area contributed by atoms with Crippen LogP contribution >= 0.6 is 0 Å². The Labute approximate surface area is 86.5 Å². The van der Waals surface area contributed by atoms with Crippen LogP contribution in [0.4, 0.5) is 0 Å². The normalized spacial score (nSPS) is 8.57. The van der Waals surface area contributed by atoms with Gasteiger partial charge in [0.05, 0.1) is 0 Å².